The molecule has 0 saturated carbocycles. The Bertz CT molecular complexity index is 1380. The second kappa shape index (κ2) is 9.60. The van der Waals surface area contributed by atoms with E-state index in [-0.39, 0.29) is 17.7 Å². The van der Waals surface area contributed by atoms with Crippen molar-refractivity contribution >= 4 is 22.7 Å². The maximum atomic E-state index is 13.5. The van der Waals surface area contributed by atoms with Gasteiger partial charge in [-0.15, -0.1) is 10.2 Å². The fourth-order valence-corrected chi connectivity index (χ4v) is 5.16. The van der Waals surface area contributed by atoms with E-state index < -0.39 is 5.63 Å². The van der Waals surface area contributed by atoms with Gasteiger partial charge in [0.15, 0.2) is 11.0 Å². The maximum absolute atomic E-state index is 13.5. The quantitative estimate of drug-likeness (QED) is 0.296. The van der Waals surface area contributed by atoms with Crippen LogP contribution in [0.25, 0.3) is 22.4 Å². The van der Waals surface area contributed by atoms with Gasteiger partial charge >= 0.3 is 5.63 Å². The van der Waals surface area contributed by atoms with Crippen LogP contribution in [0.2, 0.25) is 0 Å². The lowest BCUT2D eigenvalue weighted by Crippen LogP contribution is -2.16. The molecule has 0 radical (unpaired) electrons. The van der Waals surface area contributed by atoms with Crippen LogP contribution in [-0.4, -0.2) is 32.6 Å². The van der Waals surface area contributed by atoms with Crippen molar-refractivity contribution in [2.45, 2.75) is 49.7 Å². The lowest BCUT2D eigenvalue weighted by Gasteiger charge is -2.15. The predicted octanol–water partition coefficient (Wildman–Crippen LogP) is 4.93. The van der Waals surface area contributed by atoms with Gasteiger partial charge in [-0.2, -0.15) is 0 Å². The number of aryl methyl sites for hydroxylation is 1. The van der Waals surface area contributed by atoms with Crippen molar-refractivity contribution in [3.63, 3.8) is 0 Å². The van der Waals surface area contributed by atoms with Gasteiger partial charge in [0.2, 0.25) is 0 Å². The standard InChI is InChI=1S/C25H24FN3O4S/c1-2-15-10-20-17(11-23(31)33-22(20)12-21(15)30)14-34-25-28-27-24(16-5-7-18(26)8-6-16)29(25)13-19-4-3-9-32-19/h5-8,10-12,19,30H,2-4,9,13-14H2,1H3. The predicted molar refractivity (Wildman–Crippen MR) is 127 cm³/mol. The minimum Gasteiger partial charge on any atom is -0.508 e. The lowest BCUT2D eigenvalue weighted by atomic mass is 10.1. The van der Waals surface area contributed by atoms with Gasteiger partial charge in [0.25, 0.3) is 0 Å². The maximum Gasteiger partial charge on any atom is 0.336 e. The van der Waals surface area contributed by atoms with E-state index in [1.54, 1.807) is 12.1 Å². The molecule has 0 amide bonds. The summed E-state index contributed by atoms with van der Waals surface area (Å²) in [6.45, 7) is 3.28. The number of nitrogens with zero attached hydrogens (tertiary/aromatic N) is 3. The normalized spacial score (nSPS) is 15.9. The largest absolute Gasteiger partial charge is 0.508 e. The summed E-state index contributed by atoms with van der Waals surface area (Å²) in [6.07, 6.45) is 2.69. The molecule has 176 valence electrons. The molecule has 3 heterocycles. The first-order valence-corrected chi connectivity index (χ1v) is 12.2. The second-order valence-corrected chi connectivity index (χ2v) is 9.21. The highest BCUT2D eigenvalue weighted by atomic mass is 32.2. The summed E-state index contributed by atoms with van der Waals surface area (Å²) in [5, 5.41) is 20.4. The van der Waals surface area contributed by atoms with Gasteiger partial charge in [0, 0.05) is 35.4 Å². The highest BCUT2D eigenvalue weighted by Crippen LogP contribution is 2.32. The Morgan fingerprint density at radius 1 is 1.18 bits per heavy atom. The number of aromatic hydroxyl groups is 1. The third-order valence-electron chi connectivity index (χ3n) is 6.00. The van der Waals surface area contributed by atoms with Crippen molar-refractivity contribution in [3.8, 4) is 17.1 Å². The van der Waals surface area contributed by atoms with Crippen LogP contribution in [0.4, 0.5) is 4.39 Å². The minimum atomic E-state index is -0.473. The Balaban J connectivity index is 1.49. The van der Waals surface area contributed by atoms with E-state index in [9.17, 15) is 14.3 Å². The van der Waals surface area contributed by atoms with Crippen molar-refractivity contribution in [1.29, 1.82) is 0 Å². The molecule has 1 aliphatic rings. The van der Waals surface area contributed by atoms with Gasteiger partial charge in [-0.05, 0) is 60.7 Å². The Labute approximate surface area is 199 Å². The molecule has 1 atom stereocenters. The first kappa shape index (κ1) is 22.6. The number of aromatic nitrogens is 3. The number of phenols is 1. The molecule has 0 spiro atoms. The summed E-state index contributed by atoms with van der Waals surface area (Å²) in [5.74, 6) is 0.913. The summed E-state index contributed by atoms with van der Waals surface area (Å²) < 4.78 is 26.6. The topological polar surface area (TPSA) is 90.4 Å². The summed E-state index contributed by atoms with van der Waals surface area (Å²) in [7, 11) is 0. The van der Waals surface area contributed by atoms with Crippen LogP contribution in [-0.2, 0) is 23.5 Å². The van der Waals surface area contributed by atoms with E-state index in [1.807, 2.05) is 17.6 Å². The van der Waals surface area contributed by atoms with Crippen molar-refractivity contribution in [2.24, 2.45) is 0 Å². The number of rotatable bonds is 7. The molecule has 1 N–H and O–H groups in total. The summed E-state index contributed by atoms with van der Waals surface area (Å²) in [4.78, 5) is 12.2. The number of benzene rings is 2. The van der Waals surface area contributed by atoms with Crippen LogP contribution in [0, 0.1) is 5.82 Å². The molecule has 2 aromatic carbocycles. The van der Waals surface area contributed by atoms with Gasteiger partial charge in [0.05, 0.1) is 12.6 Å². The molecule has 4 aromatic rings. The SMILES string of the molecule is CCc1cc2c(CSc3nnc(-c4ccc(F)cc4)n3CC3CCCO3)cc(=O)oc2cc1O. The second-order valence-electron chi connectivity index (χ2n) is 8.27. The molecule has 9 heteroatoms. The first-order valence-electron chi connectivity index (χ1n) is 11.2. The molecule has 2 aromatic heterocycles. The molecule has 7 nitrogen and oxygen atoms in total. The van der Waals surface area contributed by atoms with Crippen LogP contribution in [0.3, 0.4) is 0 Å². The van der Waals surface area contributed by atoms with E-state index in [0.717, 1.165) is 41.5 Å². The van der Waals surface area contributed by atoms with Gasteiger partial charge in [-0.3, -0.25) is 4.57 Å². The van der Waals surface area contributed by atoms with Crippen molar-refractivity contribution < 1.29 is 18.7 Å². The molecule has 0 aliphatic carbocycles. The Morgan fingerprint density at radius 2 is 2.00 bits per heavy atom. The van der Waals surface area contributed by atoms with E-state index >= 15 is 0 Å². The molecule has 5 rings (SSSR count). The fourth-order valence-electron chi connectivity index (χ4n) is 4.22. The van der Waals surface area contributed by atoms with Crippen LogP contribution < -0.4 is 5.63 Å². The monoisotopic (exact) mass is 481 g/mol. The van der Waals surface area contributed by atoms with Crippen LogP contribution in [0.5, 0.6) is 5.75 Å². The van der Waals surface area contributed by atoms with Crippen LogP contribution in [0.1, 0.15) is 30.9 Å². The van der Waals surface area contributed by atoms with E-state index in [1.165, 1.54) is 36.0 Å². The number of phenolic OH excluding ortho intramolecular Hbond substituents is 1. The van der Waals surface area contributed by atoms with E-state index in [2.05, 4.69) is 10.2 Å². The average Bonchev–Trinajstić information content (AvgIpc) is 3.48. The summed E-state index contributed by atoms with van der Waals surface area (Å²) >= 11 is 1.46. The minimum absolute atomic E-state index is 0.0641. The zero-order valence-electron chi connectivity index (χ0n) is 18.7. The summed E-state index contributed by atoms with van der Waals surface area (Å²) in [5.41, 5.74) is 2.23. The van der Waals surface area contributed by atoms with Crippen molar-refractivity contribution in [2.75, 3.05) is 6.61 Å². The third kappa shape index (κ3) is 4.58. The highest BCUT2D eigenvalue weighted by Gasteiger charge is 2.22. The molecule has 1 fully saturated rings. The zero-order valence-corrected chi connectivity index (χ0v) is 19.5. The fraction of sp³-hybridized carbons (Fsp3) is 0.320. The smallest absolute Gasteiger partial charge is 0.336 e. The van der Waals surface area contributed by atoms with E-state index in [0.29, 0.717) is 35.3 Å². The Kier molecular flexibility index (Phi) is 6.38. The zero-order chi connectivity index (χ0) is 23.7. The molecule has 0 bridgehead atoms. The van der Waals surface area contributed by atoms with Gasteiger partial charge in [0.1, 0.15) is 17.1 Å². The molecular weight excluding hydrogens is 457 g/mol. The Hall–Kier alpha value is -3.17. The molecule has 1 unspecified atom stereocenters. The number of halogens is 1. The average molecular weight is 482 g/mol. The lowest BCUT2D eigenvalue weighted by molar-refractivity contribution is 0.0953. The van der Waals surface area contributed by atoms with Gasteiger partial charge in [-0.1, -0.05) is 18.7 Å². The number of thioether (sulfide) groups is 1. The van der Waals surface area contributed by atoms with E-state index in [4.69, 9.17) is 9.15 Å². The molecule has 1 saturated heterocycles. The third-order valence-corrected chi connectivity index (χ3v) is 7.01. The van der Waals surface area contributed by atoms with Crippen LogP contribution in [0.15, 0.2) is 56.8 Å². The van der Waals surface area contributed by atoms with Gasteiger partial charge in [-0.25, -0.2) is 9.18 Å². The number of hydrogen-bond acceptors (Lipinski definition) is 7. The van der Waals surface area contributed by atoms with Crippen molar-refractivity contribution in [1.82, 2.24) is 14.8 Å². The molecule has 34 heavy (non-hydrogen) atoms. The first-order chi connectivity index (χ1) is 16.5. The Morgan fingerprint density at radius 3 is 2.74 bits per heavy atom. The molecular formula is C25H24FN3O4S. The molecule has 1 aliphatic heterocycles. The van der Waals surface area contributed by atoms with Crippen molar-refractivity contribution in [3.05, 3.63) is 69.8 Å². The number of hydrogen-bond donors (Lipinski definition) is 1. The highest BCUT2D eigenvalue weighted by molar-refractivity contribution is 7.98. The number of ether oxygens (including phenoxy) is 1. The summed E-state index contributed by atoms with van der Waals surface area (Å²) in [6, 6.07) is 11.0. The van der Waals surface area contributed by atoms with Gasteiger partial charge < -0.3 is 14.3 Å². The van der Waals surface area contributed by atoms with Crippen LogP contribution >= 0.6 is 11.8 Å². The number of fused-ring (bicyclic) bond motifs is 1.